The zero-order valence-electron chi connectivity index (χ0n) is 16.3. The molecule has 4 nitrogen and oxygen atoms in total. The number of aromatic amines is 1. The number of alkyl halides is 3. The molecule has 0 fully saturated rings. The van der Waals surface area contributed by atoms with Gasteiger partial charge in [0.1, 0.15) is 0 Å². The Balaban J connectivity index is 0.00000231. The van der Waals surface area contributed by atoms with Gasteiger partial charge in [-0.15, -0.1) is 12.4 Å². The van der Waals surface area contributed by atoms with Crippen molar-refractivity contribution in [1.82, 2.24) is 14.9 Å². The molecule has 0 spiro atoms. The summed E-state index contributed by atoms with van der Waals surface area (Å²) in [6.45, 7) is 1.76. The van der Waals surface area contributed by atoms with E-state index in [2.05, 4.69) is 10.3 Å². The van der Waals surface area contributed by atoms with Crippen LogP contribution in [0.4, 0.5) is 13.2 Å². The summed E-state index contributed by atoms with van der Waals surface area (Å²) in [5.41, 5.74) is 4.40. The summed E-state index contributed by atoms with van der Waals surface area (Å²) < 4.78 is 39.8. The van der Waals surface area contributed by atoms with Gasteiger partial charge in [-0.25, -0.2) is 0 Å². The van der Waals surface area contributed by atoms with Gasteiger partial charge in [0.2, 0.25) is 0 Å². The molecule has 0 atom stereocenters. The summed E-state index contributed by atoms with van der Waals surface area (Å²) in [4.78, 5) is 16.2. The molecule has 2 aromatic carbocycles. The first-order chi connectivity index (χ1) is 14.4. The predicted octanol–water partition coefficient (Wildman–Crippen LogP) is 5.07. The van der Waals surface area contributed by atoms with Gasteiger partial charge in [-0.1, -0.05) is 18.2 Å². The number of nitrogens with one attached hydrogen (secondary N) is 2. The van der Waals surface area contributed by atoms with Gasteiger partial charge in [-0.3, -0.25) is 9.36 Å². The van der Waals surface area contributed by atoms with Crippen molar-refractivity contribution < 1.29 is 13.2 Å². The average Bonchev–Trinajstić information content (AvgIpc) is 3.11. The Bertz CT molecular complexity index is 1310. The molecule has 0 unspecified atom stereocenters. The molecule has 0 saturated carbocycles. The molecule has 0 amide bonds. The van der Waals surface area contributed by atoms with Crippen LogP contribution in [0.2, 0.25) is 0 Å². The lowest BCUT2D eigenvalue weighted by Crippen LogP contribution is -2.22. The molecule has 0 saturated heterocycles. The highest BCUT2D eigenvalue weighted by molar-refractivity contribution is 5.86. The van der Waals surface area contributed by atoms with Crippen LogP contribution >= 0.6 is 12.4 Å². The summed E-state index contributed by atoms with van der Waals surface area (Å²) in [5, 5.41) is 4.51. The number of hydrogen-bond acceptors (Lipinski definition) is 2. The van der Waals surface area contributed by atoms with Crippen molar-refractivity contribution in [2.24, 2.45) is 0 Å². The van der Waals surface area contributed by atoms with Gasteiger partial charge >= 0.3 is 6.18 Å². The maximum absolute atomic E-state index is 12.8. The molecule has 0 bridgehead atoms. The van der Waals surface area contributed by atoms with E-state index in [9.17, 15) is 18.0 Å². The molecule has 2 N–H and O–H groups in total. The molecule has 3 heterocycles. The molecule has 1 aliphatic heterocycles. The average molecular weight is 446 g/mol. The van der Waals surface area contributed by atoms with Gasteiger partial charge in [-0.05, 0) is 60.0 Å². The van der Waals surface area contributed by atoms with Gasteiger partial charge < -0.3 is 10.3 Å². The molecule has 31 heavy (non-hydrogen) atoms. The van der Waals surface area contributed by atoms with Crippen molar-refractivity contribution in [2.45, 2.75) is 19.1 Å². The molecule has 4 aromatic rings. The maximum Gasteiger partial charge on any atom is 0.416 e. The Labute approximate surface area is 182 Å². The van der Waals surface area contributed by atoms with Gasteiger partial charge in [0, 0.05) is 35.4 Å². The van der Waals surface area contributed by atoms with Crippen LogP contribution in [0.15, 0.2) is 65.6 Å². The van der Waals surface area contributed by atoms with Crippen molar-refractivity contribution in [3.05, 3.63) is 88.0 Å². The van der Waals surface area contributed by atoms with Crippen molar-refractivity contribution in [3.63, 3.8) is 0 Å². The third-order valence-electron chi connectivity index (χ3n) is 5.57. The van der Waals surface area contributed by atoms with Crippen LogP contribution < -0.4 is 10.9 Å². The van der Waals surface area contributed by atoms with E-state index in [-0.39, 0.29) is 18.0 Å². The number of fused-ring (bicyclic) bond motifs is 3. The monoisotopic (exact) mass is 445 g/mol. The summed E-state index contributed by atoms with van der Waals surface area (Å²) in [5.74, 6) is 0. The number of hydrogen-bond donors (Lipinski definition) is 2. The quantitative estimate of drug-likeness (QED) is 0.452. The zero-order valence-corrected chi connectivity index (χ0v) is 17.1. The highest BCUT2D eigenvalue weighted by Gasteiger charge is 2.30. The van der Waals surface area contributed by atoms with E-state index in [1.54, 1.807) is 12.3 Å². The number of nitrogens with zero attached hydrogens (tertiary/aromatic N) is 1. The largest absolute Gasteiger partial charge is 0.416 e. The topological polar surface area (TPSA) is 49.8 Å². The van der Waals surface area contributed by atoms with Gasteiger partial charge in [0.05, 0.1) is 11.3 Å². The number of rotatable bonds is 2. The van der Waals surface area contributed by atoms with E-state index in [1.165, 1.54) is 39.4 Å². The minimum Gasteiger partial charge on any atom is -0.357 e. The van der Waals surface area contributed by atoms with Crippen LogP contribution in [0.3, 0.4) is 0 Å². The highest BCUT2D eigenvalue weighted by atomic mass is 35.5. The van der Waals surface area contributed by atoms with Crippen molar-refractivity contribution in [1.29, 1.82) is 0 Å². The predicted molar refractivity (Wildman–Crippen MR) is 117 cm³/mol. The van der Waals surface area contributed by atoms with Gasteiger partial charge in [-0.2, -0.15) is 13.2 Å². The van der Waals surface area contributed by atoms with E-state index in [1.807, 2.05) is 18.2 Å². The fraction of sp³-hybridized carbons (Fsp3) is 0.174. The fourth-order valence-corrected chi connectivity index (χ4v) is 4.04. The second-order valence-corrected chi connectivity index (χ2v) is 7.44. The summed E-state index contributed by atoms with van der Waals surface area (Å²) in [6.07, 6.45) is -1.76. The van der Waals surface area contributed by atoms with Crippen molar-refractivity contribution in [2.75, 3.05) is 6.54 Å². The van der Waals surface area contributed by atoms with Crippen LogP contribution in [0.25, 0.3) is 27.7 Å². The first kappa shape index (κ1) is 21.2. The fourth-order valence-electron chi connectivity index (χ4n) is 4.04. The first-order valence-corrected chi connectivity index (χ1v) is 9.65. The molecule has 1 aliphatic rings. The number of H-pyrrole nitrogens is 1. The molecule has 0 radical (unpaired) electrons. The molecular formula is C23H19ClF3N3O. The minimum atomic E-state index is -4.38. The van der Waals surface area contributed by atoms with Crippen LogP contribution in [0.5, 0.6) is 0 Å². The Kier molecular flexibility index (Phi) is 5.41. The molecule has 5 rings (SSSR count). The van der Waals surface area contributed by atoms with E-state index in [4.69, 9.17) is 0 Å². The smallest absolute Gasteiger partial charge is 0.357 e. The highest BCUT2D eigenvalue weighted by Crippen LogP contribution is 2.31. The second kappa shape index (κ2) is 7.90. The number of halogens is 4. The lowest BCUT2D eigenvalue weighted by atomic mass is 10.0. The Morgan fingerprint density at radius 1 is 0.935 bits per heavy atom. The van der Waals surface area contributed by atoms with Crippen molar-refractivity contribution >= 4 is 23.3 Å². The van der Waals surface area contributed by atoms with Gasteiger partial charge in [0.25, 0.3) is 5.56 Å². The Hall–Kier alpha value is -3.03. The number of benzene rings is 2. The van der Waals surface area contributed by atoms with E-state index >= 15 is 0 Å². The summed E-state index contributed by atoms with van der Waals surface area (Å²) >= 11 is 0. The molecular weight excluding hydrogens is 427 g/mol. The zero-order chi connectivity index (χ0) is 20.9. The summed E-state index contributed by atoms with van der Waals surface area (Å²) in [7, 11) is 0. The van der Waals surface area contributed by atoms with E-state index < -0.39 is 11.7 Å². The van der Waals surface area contributed by atoms with E-state index in [0.29, 0.717) is 11.1 Å². The second-order valence-electron chi connectivity index (χ2n) is 7.44. The van der Waals surface area contributed by atoms with Crippen LogP contribution in [-0.4, -0.2) is 16.1 Å². The lowest BCUT2D eigenvalue weighted by molar-refractivity contribution is -0.137. The SMILES string of the molecule is Cl.O=c1cc(-c2ccc(C(F)(F)F)cc2)ccn1-c1ccc2c3c([nH]c2c1)CNCC3. The molecule has 8 heteroatoms. The third kappa shape index (κ3) is 3.86. The normalized spacial score (nSPS) is 13.6. The molecule has 160 valence electrons. The van der Waals surface area contributed by atoms with Crippen LogP contribution in [0, 0.1) is 0 Å². The van der Waals surface area contributed by atoms with Gasteiger partial charge in [0.15, 0.2) is 0 Å². The van der Waals surface area contributed by atoms with Crippen LogP contribution in [0.1, 0.15) is 16.8 Å². The number of aromatic nitrogens is 2. The molecule has 0 aliphatic carbocycles. The lowest BCUT2D eigenvalue weighted by Gasteiger charge is -2.12. The van der Waals surface area contributed by atoms with E-state index in [0.717, 1.165) is 42.8 Å². The summed E-state index contributed by atoms with van der Waals surface area (Å²) in [6, 6.07) is 13.9. The van der Waals surface area contributed by atoms with Crippen LogP contribution in [-0.2, 0) is 19.1 Å². The minimum absolute atomic E-state index is 0. The molecule has 2 aromatic heterocycles. The number of pyridine rings is 1. The first-order valence-electron chi connectivity index (χ1n) is 9.65. The Morgan fingerprint density at radius 3 is 2.42 bits per heavy atom. The van der Waals surface area contributed by atoms with Crippen molar-refractivity contribution in [3.8, 4) is 16.8 Å². The standard InChI is InChI=1S/C23H18F3N3O.ClH/c24-23(25,26)16-3-1-14(2-4-16)15-8-10-29(22(30)11-15)17-5-6-18-19-7-9-27-13-21(19)28-20(18)12-17;/h1-6,8,10-12,27-28H,7,9,13H2;1H. The maximum atomic E-state index is 12.8. The Morgan fingerprint density at radius 2 is 1.71 bits per heavy atom. The third-order valence-corrected chi connectivity index (χ3v) is 5.57.